The number of hydrogen-bond donors (Lipinski definition) is 1. The fraction of sp³-hybridized carbons (Fsp3) is 0.333. The average Bonchev–Trinajstić information content (AvgIpc) is 3.31. The average molecular weight is 440 g/mol. The van der Waals surface area contributed by atoms with Gasteiger partial charge in [-0.3, -0.25) is 4.79 Å². The highest BCUT2D eigenvalue weighted by Gasteiger charge is 2.42. The lowest BCUT2D eigenvalue weighted by Gasteiger charge is -2.36. The third-order valence-corrected chi connectivity index (χ3v) is 6.87. The van der Waals surface area contributed by atoms with E-state index in [4.69, 9.17) is 14.2 Å². The molecule has 1 aliphatic carbocycles. The number of rotatable bonds is 5. The van der Waals surface area contributed by atoms with Crippen LogP contribution in [0.5, 0.6) is 11.5 Å². The Morgan fingerprint density at radius 3 is 2.58 bits per heavy atom. The van der Waals surface area contributed by atoms with Crippen LogP contribution in [0.25, 0.3) is 0 Å². The summed E-state index contributed by atoms with van der Waals surface area (Å²) >= 11 is 1.54. The Hall–Kier alpha value is -3.06. The summed E-state index contributed by atoms with van der Waals surface area (Å²) in [5.41, 5.74) is 3.67. The summed E-state index contributed by atoms with van der Waals surface area (Å²) < 4.78 is 16.0. The minimum Gasteiger partial charge on any atom is -0.497 e. The van der Waals surface area contributed by atoms with Crippen LogP contribution in [0.2, 0.25) is 0 Å². The summed E-state index contributed by atoms with van der Waals surface area (Å²) in [5.74, 6) is 0.593. The summed E-state index contributed by atoms with van der Waals surface area (Å²) in [4.78, 5) is 27.1. The van der Waals surface area contributed by atoms with Crippen molar-refractivity contribution in [2.75, 3.05) is 21.3 Å². The number of allylic oxidation sites excluding steroid dienone is 3. The van der Waals surface area contributed by atoms with E-state index in [0.717, 1.165) is 33.3 Å². The first-order chi connectivity index (χ1) is 15.0. The standard InChI is InChI=1S/C24H25NO5S/c1-13-21(24(27)30-4)23(20-6-5-9-31-20)22-17(25-13)10-14(11-18(22)26)16-12-15(28-2)7-8-19(16)29-3/h5-9,12,14,23,25H,10-11H2,1-4H3/t14-,23+/m0/s1. The zero-order valence-electron chi connectivity index (χ0n) is 18.0. The SMILES string of the molecule is COC(=O)C1=C(C)NC2=C(C(=O)C[C@@H](c3cc(OC)ccc3OC)C2)[C@@H]1c1cccs1. The van der Waals surface area contributed by atoms with Gasteiger partial charge in [0.25, 0.3) is 0 Å². The number of esters is 1. The molecule has 1 aromatic heterocycles. The molecule has 2 heterocycles. The number of dihydropyridines is 1. The molecule has 0 spiro atoms. The molecule has 0 bridgehead atoms. The van der Waals surface area contributed by atoms with Gasteiger partial charge in [0.05, 0.1) is 32.8 Å². The van der Waals surface area contributed by atoms with Crippen LogP contribution in [0.1, 0.15) is 42.0 Å². The number of thiophene rings is 1. The Balaban J connectivity index is 1.79. The van der Waals surface area contributed by atoms with Crippen LogP contribution in [0.15, 0.2) is 58.3 Å². The van der Waals surface area contributed by atoms with E-state index in [9.17, 15) is 9.59 Å². The van der Waals surface area contributed by atoms with Crippen molar-refractivity contribution in [2.45, 2.75) is 31.6 Å². The van der Waals surface area contributed by atoms with Crippen LogP contribution >= 0.6 is 11.3 Å². The molecule has 6 nitrogen and oxygen atoms in total. The highest BCUT2D eigenvalue weighted by molar-refractivity contribution is 7.10. The van der Waals surface area contributed by atoms with Crippen molar-refractivity contribution in [1.82, 2.24) is 5.32 Å². The summed E-state index contributed by atoms with van der Waals surface area (Å²) in [7, 11) is 4.61. The Labute approximate surface area is 185 Å². The van der Waals surface area contributed by atoms with Crippen LogP contribution in [0.4, 0.5) is 0 Å². The van der Waals surface area contributed by atoms with Crippen LogP contribution in [-0.4, -0.2) is 33.1 Å². The van der Waals surface area contributed by atoms with E-state index >= 15 is 0 Å². The fourth-order valence-electron chi connectivity index (χ4n) is 4.54. The smallest absolute Gasteiger partial charge is 0.336 e. The highest BCUT2D eigenvalue weighted by Crippen LogP contribution is 2.48. The molecular formula is C24H25NO5S. The third-order valence-electron chi connectivity index (χ3n) is 5.94. The number of ether oxygens (including phenoxy) is 3. The first-order valence-corrected chi connectivity index (χ1v) is 10.9. The number of carbonyl (C=O) groups is 2. The van der Waals surface area contributed by atoms with Gasteiger partial charge in [-0.15, -0.1) is 11.3 Å². The van der Waals surface area contributed by atoms with Gasteiger partial charge in [0.1, 0.15) is 11.5 Å². The number of Topliss-reactive ketones (excluding diaryl/α,β-unsaturated/α-hetero) is 1. The van der Waals surface area contributed by atoms with E-state index < -0.39 is 11.9 Å². The molecule has 162 valence electrons. The van der Waals surface area contributed by atoms with Crippen molar-refractivity contribution in [3.63, 3.8) is 0 Å². The first kappa shape index (κ1) is 21.2. The number of hydrogen-bond acceptors (Lipinski definition) is 7. The molecule has 0 unspecified atom stereocenters. The van der Waals surface area contributed by atoms with Crippen molar-refractivity contribution in [3.05, 3.63) is 68.7 Å². The maximum Gasteiger partial charge on any atom is 0.336 e. The van der Waals surface area contributed by atoms with E-state index in [-0.39, 0.29) is 11.7 Å². The maximum atomic E-state index is 13.5. The Kier molecular flexibility index (Phi) is 5.87. The van der Waals surface area contributed by atoms with Gasteiger partial charge in [-0.1, -0.05) is 6.07 Å². The molecule has 2 atom stereocenters. The molecule has 7 heteroatoms. The first-order valence-electron chi connectivity index (χ1n) is 10.1. The number of carbonyl (C=O) groups excluding carboxylic acids is 2. The van der Waals surface area contributed by atoms with Crippen LogP contribution < -0.4 is 14.8 Å². The van der Waals surface area contributed by atoms with E-state index in [1.807, 2.05) is 42.6 Å². The van der Waals surface area contributed by atoms with Crippen molar-refractivity contribution in [1.29, 1.82) is 0 Å². The highest BCUT2D eigenvalue weighted by atomic mass is 32.1. The Morgan fingerprint density at radius 1 is 1.13 bits per heavy atom. The van der Waals surface area contributed by atoms with Crippen LogP contribution in [0, 0.1) is 0 Å². The van der Waals surface area contributed by atoms with Crippen molar-refractivity contribution >= 4 is 23.1 Å². The largest absolute Gasteiger partial charge is 0.497 e. The lowest BCUT2D eigenvalue weighted by molar-refractivity contribution is -0.136. The second-order valence-electron chi connectivity index (χ2n) is 7.63. The molecule has 0 amide bonds. The zero-order valence-corrected chi connectivity index (χ0v) is 18.8. The van der Waals surface area contributed by atoms with Crippen molar-refractivity contribution in [2.24, 2.45) is 0 Å². The van der Waals surface area contributed by atoms with Gasteiger partial charge in [-0.05, 0) is 43.0 Å². The monoisotopic (exact) mass is 439 g/mol. The zero-order chi connectivity index (χ0) is 22.1. The quantitative estimate of drug-likeness (QED) is 0.701. The van der Waals surface area contributed by atoms with E-state index in [1.54, 1.807) is 14.2 Å². The summed E-state index contributed by atoms with van der Waals surface area (Å²) in [6.45, 7) is 1.86. The predicted octanol–water partition coefficient (Wildman–Crippen LogP) is 4.30. The van der Waals surface area contributed by atoms with E-state index in [0.29, 0.717) is 24.0 Å². The molecule has 4 rings (SSSR count). The van der Waals surface area contributed by atoms with Gasteiger partial charge < -0.3 is 19.5 Å². The molecule has 0 fully saturated rings. The summed E-state index contributed by atoms with van der Waals surface area (Å²) in [6.07, 6.45) is 0.970. The van der Waals surface area contributed by atoms with E-state index in [1.165, 1.54) is 18.4 Å². The lowest BCUT2D eigenvalue weighted by atomic mass is 9.73. The molecule has 1 aromatic carbocycles. The lowest BCUT2D eigenvalue weighted by Crippen LogP contribution is -2.35. The molecule has 1 aliphatic heterocycles. The number of benzene rings is 1. The van der Waals surface area contributed by atoms with Crippen LogP contribution in [-0.2, 0) is 14.3 Å². The Morgan fingerprint density at radius 2 is 1.94 bits per heavy atom. The normalized spacial score (nSPS) is 20.8. The van der Waals surface area contributed by atoms with Gasteiger partial charge in [-0.25, -0.2) is 4.79 Å². The number of methoxy groups -OCH3 is 3. The minimum atomic E-state index is -0.417. The molecule has 1 N–H and O–H groups in total. The maximum absolute atomic E-state index is 13.5. The van der Waals surface area contributed by atoms with Gasteiger partial charge in [0.15, 0.2) is 5.78 Å². The van der Waals surface area contributed by atoms with Crippen molar-refractivity contribution in [3.8, 4) is 11.5 Å². The molecule has 2 aliphatic rings. The minimum absolute atomic E-state index is 0.0240. The molecule has 0 saturated heterocycles. The molecule has 0 saturated carbocycles. The topological polar surface area (TPSA) is 73.9 Å². The molecule has 31 heavy (non-hydrogen) atoms. The second-order valence-corrected chi connectivity index (χ2v) is 8.61. The predicted molar refractivity (Wildman–Crippen MR) is 118 cm³/mol. The van der Waals surface area contributed by atoms with Gasteiger partial charge in [0, 0.05) is 39.7 Å². The summed E-state index contributed by atoms with van der Waals surface area (Å²) in [5, 5.41) is 5.30. The molecule has 0 radical (unpaired) electrons. The van der Waals surface area contributed by atoms with Gasteiger partial charge in [-0.2, -0.15) is 0 Å². The Bertz CT molecular complexity index is 1080. The third kappa shape index (κ3) is 3.74. The molecular weight excluding hydrogens is 414 g/mol. The van der Waals surface area contributed by atoms with E-state index in [2.05, 4.69) is 5.32 Å². The number of ketones is 1. The number of nitrogens with one attached hydrogen (secondary N) is 1. The van der Waals surface area contributed by atoms with Gasteiger partial charge in [0.2, 0.25) is 0 Å². The van der Waals surface area contributed by atoms with Crippen molar-refractivity contribution < 1.29 is 23.8 Å². The fourth-order valence-corrected chi connectivity index (χ4v) is 5.38. The van der Waals surface area contributed by atoms with Gasteiger partial charge >= 0.3 is 5.97 Å². The summed E-state index contributed by atoms with van der Waals surface area (Å²) in [6, 6.07) is 9.55. The molecule has 2 aromatic rings. The second kappa shape index (κ2) is 8.59. The van der Waals surface area contributed by atoms with Crippen LogP contribution in [0.3, 0.4) is 0 Å².